The maximum absolute atomic E-state index is 12.7. The van der Waals surface area contributed by atoms with E-state index in [1.165, 1.54) is 12.4 Å². The van der Waals surface area contributed by atoms with Crippen molar-refractivity contribution < 1.29 is 14.3 Å². The second-order valence-electron chi connectivity index (χ2n) is 8.11. The van der Waals surface area contributed by atoms with Crippen molar-refractivity contribution in [1.29, 1.82) is 0 Å². The van der Waals surface area contributed by atoms with Gasteiger partial charge in [-0.15, -0.1) is 0 Å². The SMILES string of the molecule is CC(C)(C)c1ccc(C(=O)N2CC[C@@H](OCCNC(=O)c3nccnc3N)C2)[nH]1. The van der Waals surface area contributed by atoms with Crippen LogP contribution in [0.4, 0.5) is 5.82 Å². The van der Waals surface area contributed by atoms with Crippen LogP contribution in [-0.4, -0.2) is 64.0 Å². The summed E-state index contributed by atoms with van der Waals surface area (Å²) in [6.07, 6.45) is 3.57. The lowest BCUT2D eigenvalue weighted by atomic mass is 9.93. The number of nitrogens with one attached hydrogen (secondary N) is 2. The van der Waals surface area contributed by atoms with Gasteiger partial charge >= 0.3 is 0 Å². The van der Waals surface area contributed by atoms with Crippen LogP contribution in [0.15, 0.2) is 24.5 Å². The topological polar surface area (TPSA) is 126 Å². The number of amides is 2. The first-order valence-electron chi connectivity index (χ1n) is 9.71. The quantitative estimate of drug-likeness (QED) is 0.628. The first-order chi connectivity index (χ1) is 13.8. The van der Waals surface area contributed by atoms with Gasteiger partial charge in [0.2, 0.25) is 0 Å². The van der Waals surface area contributed by atoms with Gasteiger partial charge in [0.25, 0.3) is 11.8 Å². The summed E-state index contributed by atoms with van der Waals surface area (Å²) in [7, 11) is 0. The molecule has 0 aromatic carbocycles. The number of carbonyl (C=O) groups is 2. The van der Waals surface area contributed by atoms with Crippen LogP contribution in [0.1, 0.15) is 53.9 Å². The highest BCUT2D eigenvalue weighted by Crippen LogP contribution is 2.22. The molecule has 2 amide bonds. The molecule has 1 aliphatic rings. The van der Waals surface area contributed by atoms with E-state index in [0.717, 1.165) is 12.1 Å². The maximum atomic E-state index is 12.7. The minimum atomic E-state index is -0.385. The number of H-pyrrole nitrogens is 1. The van der Waals surface area contributed by atoms with Crippen LogP contribution in [0.3, 0.4) is 0 Å². The summed E-state index contributed by atoms with van der Waals surface area (Å²) in [6, 6.07) is 3.80. The van der Waals surface area contributed by atoms with Gasteiger partial charge in [-0.05, 0) is 18.6 Å². The number of aromatic amines is 1. The number of aromatic nitrogens is 3. The average Bonchev–Trinajstić information content (AvgIpc) is 3.34. The van der Waals surface area contributed by atoms with Gasteiger partial charge in [-0.2, -0.15) is 0 Å². The molecule has 3 heterocycles. The van der Waals surface area contributed by atoms with Crippen molar-refractivity contribution in [2.24, 2.45) is 0 Å². The van der Waals surface area contributed by atoms with E-state index in [-0.39, 0.29) is 34.8 Å². The van der Waals surface area contributed by atoms with Crippen LogP contribution >= 0.6 is 0 Å². The number of hydrogen-bond donors (Lipinski definition) is 3. The Bertz CT molecular complexity index is 873. The normalized spacial score (nSPS) is 16.8. The van der Waals surface area contributed by atoms with Crippen molar-refractivity contribution in [2.45, 2.75) is 38.7 Å². The summed E-state index contributed by atoms with van der Waals surface area (Å²) in [5.74, 6) is -0.309. The molecule has 2 aromatic heterocycles. The van der Waals surface area contributed by atoms with Crippen molar-refractivity contribution in [1.82, 2.24) is 25.2 Å². The predicted octanol–water partition coefficient (Wildman–Crippen LogP) is 1.35. The summed E-state index contributed by atoms with van der Waals surface area (Å²) in [4.78, 5) is 37.5. The monoisotopic (exact) mass is 400 g/mol. The lowest BCUT2D eigenvalue weighted by Crippen LogP contribution is -2.32. The second kappa shape index (κ2) is 8.60. The minimum absolute atomic E-state index is 0.0157. The van der Waals surface area contributed by atoms with Gasteiger partial charge in [0, 0.05) is 43.1 Å². The van der Waals surface area contributed by atoms with Gasteiger partial charge in [-0.1, -0.05) is 20.8 Å². The van der Waals surface area contributed by atoms with E-state index in [9.17, 15) is 9.59 Å². The Morgan fingerprint density at radius 2 is 2.07 bits per heavy atom. The molecule has 0 bridgehead atoms. The van der Waals surface area contributed by atoms with Crippen LogP contribution in [-0.2, 0) is 10.2 Å². The molecule has 156 valence electrons. The highest BCUT2D eigenvalue weighted by Gasteiger charge is 2.29. The molecule has 4 N–H and O–H groups in total. The Kier molecular flexibility index (Phi) is 6.17. The number of hydrogen-bond acceptors (Lipinski definition) is 6. The van der Waals surface area contributed by atoms with Crippen LogP contribution in [0.2, 0.25) is 0 Å². The van der Waals surface area contributed by atoms with Crippen molar-refractivity contribution in [3.8, 4) is 0 Å². The van der Waals surface area contributed by atoms with Gasteiger partial charge in [0.15, 0.2) is 11.5 Å². The predicted molar refractivity (Wildman–Crippen MR) is 109 cm³/mol. The number of nitrogen functional groups attached to an aromatic ring is 1. The summed E-state index contributed by atoms with van der Waals surface area (Å²) in [6.45, 7) is 8.16. The van der Waals surface area contributed by atoms with Crippen LogP contribution in [0.25, 0.3) is 0 Å². The summed E-state index contributed by atoms with van der Waals surface area (Å²) >= 11 is 0. The van der Waals surface area contributed by atoms with Gasteiger partial charge < -0.3 is 25.7 Å². The zero-order valence-electron chi connectivity index (χ0n) is 17.1. The highest BCUT2D eigenvalue weighted by atomic mass is 16.5. The number of carbonyl (C=O) groups excluding carboxylic acids is 2. The standard InChI is InChI=1S/C20H28N6O3/c1-20(2,3)15-5-4-14(25-15)19(28)26-10-6-13(12-26)29-11-9-24-18(27)16-17(21)23-8-7-22-16/h4-5,7-8,13,25H,6,9-12H2,1-3H3,(H2,21,23)(H,24,27)/t13-/m1/s1. The third kappa shape index (κ3) is 5.11. The van der Waals surface area contributed by atoms with Crippen molar-refractivity contribution in [3.05, 3.63) is 41.6 Å². The third-order valence-corrected chi connectivity index (χ3v) is 4.84. The summed E-state index contributed by atoms with van der Waals surface area (Å²) in [5, 5.41) is 2.71. The molecule has 9 heteroatoms. The van der Waals surface area contributed by atoms with E-state index in [0.29, 0.717) is 31.9 Å². The molecule has 3 rings (SSSR count). The van der Waals surface area contributed by atoms with Gasteiger partial charge in [-0.3, -0.25) is 9.59 Å². The molecule has 29 heavy (non-hydrogen) atoms. The largest absolute Gasteiger partial charge is 0.382 e. The third-order valence-electron chi connectivity index (χ3n) is 4.84. The average molecular weight is 400 g/mol. The number of nitrogens with two attached hydrogens (primary N) is 1. The minimum Gasteiger partial charge on any atom is -0.382 e. The molecule has 0 unspecified atom stereocenters. The van der Waals surface area contributed by atoms with Crippen molar-refractivity contribution in [2.75, 3.05) is 32.0 Å². The molecule has 1 saturated heterocycles. The van der Waals surface area contributed by atoms with Crippen LogP contribution in [0, 0.1) is 0 Å². The first kappa shape index (κ1) is 20.8. The first-order valence-corrected chi connectivity index (χ1v) is 9.71. The Morgan fingerprint density at radius 1 is 1.31 bits per heavy atom. The zero-order chi connectivity index (χ0) is 21.0. The maximum Gasteiger partial charge on any atom is 0.273 e. The van der Waals surface area contributed by atoms with Gasteiger partial charge in [0.1, 0.15) is 5.69 Å². The highest BCUT2D eigenvalue weighted by molar-refractivity contribution is 5.96. The number of nitrogens with zero attached hydrogens (tertiary/aromatic N) is 3. The Balaban J connectivity index is 1.42. The number of rotatable bonds is 6. The van der Waals surface area contributed by atoms with E-state index >= 15 is 0 Å². The number of anilines is 1. The van der Waals surface area contributed by atoms with Crippen molar-refractivity contribution in [3.63, 3.8) is 0 Å². The van der Waals surface area contributed by atoms with E-state index in [1.807, 2.05) is 12.1 Å². The van der Waals surface area contributed by atoms with E-state index in [4.69, 9.17) is 10.5 Å². The molecule has 1 atom stereocenters. The fraction of sp³-hybridized carbons (Fsp3) is 0.500. The molecule has 1 fully saturated rings. The fourth-order valence-corrected chi connectivity index (χ4v) is 3.17. The molecule has 0 saturated carbocycles. The zero-order valence-corrected chi connectivity index (χ0v) is 17.1. The Labute approximate surface area is 170 Å². The van der Waals surface area contributed by atoms with E-state index < -0.39 is 0 Å². The molecule has 0 aliphatic carbocycles. The number of ether oxygens (including phenoxy) is 1. The second-order valence-corrected chi connectivity index (χ2v) is 8.11. The Hall–Kier alpha value is -2.94. The molecule has 0 radical (unpaired) electrons. The van der Waals surface area contributed by atoms with E-state index in [2.05, 4.69) is 41.0 Å². The molecular formula is C20H28N6O3. The fourth-order valence-electron chi connectivity index (χ4n) is 3.17. The lowest BCUT2D eigenvalue weighted by Gasteiger charge is -2.18. The van der Waals surface area contributed by atoms with Gasteiger partial charge in [0.05, 0.1) is 12.7 Å². The molecular weight excluding hydrogens is 372 g/mol. The molecule has 1 aliphatic heterocycles. The van der Waals surface area contributed by atoms with Crippen LogP contribution < -0.4 is 11.1 Å². The van der Waals surface area contributed by atoms with Crippen molar-refractivity contribution >= 4 is 17.6 Å². The summed E-state index contributed by atoms with van der Waals surface area (Å²) in [5.41, 5.74) is 7.34. The van der Waals surface area contributed by atoms with Crippen LogP contribution in [0.5, 0.6) is 0 Å². The number of likely N-dealkylation sites (tertiary alicyclic amines) is 1. The molecule has 0 spiro atoms. The lowest BCUT2D eigenvalue weighted by molar-refractivity contribution is 0.0537. The summed E-state index contributed by atoms with van der Waals surface area (Å²) < 4.78 is 5.81. The van der Waals surface area contributed by atoms with Gasteiger partial charge in [-0.25, -0.2) is 9.97 Å². The van der Waals surface area contributed by atoms with E-state index in [1.54, 1.807) is 4.90 Å². The Morgan fingerprint density at radius 3 is 2.76 bits per heavy atom. The smallest absolute Gasteiger partial charge is 0.273 e. The molecule has 2 aromatic rings. The molecule has 9 nitrogen and oxygen atoms in total.